The van der Waals surface area contributed by atoms with E-state index in [1.54, 1.807) is 42.6 Å². The van der Waals surface area contributed by atoms with E-state index in [0.29, 0.717) is 0 Å². The molecule has 0 bridgehead atoms. The van der Waals surface area contributed by atoms with Crippen molar-refractivity contribution in [3.8, 4) is 17.0 Å². The van der Waals surface area contributed by atoms with Crippen LogP contribution in [0.3, 0.4) is 0 Å². The second kappa shape index (κ2) is 9.50. The van der Waals surface area contributed by atoms with Gasteiger partial charge in [-0.05, 0) is 54.7 Å². The SMILES string of the molecule is COc1ncc(-c2ccc3nncc(N4CCC(C)CC4)c3c2)cc1NS(=O)(=O)c1ccccc1. The van der Waals surface area contributed by atoms with Gasteiger partial charge in [-0.2, -0.15) is 10.2 Å². The molecule has 1 N–H and O–H groups in total. The molecule has 0 radical (unpaired) electrons. The fourth-order valence-electron chi connectivity index (χ4n) is 4.37. The van der Waals surface area contributed by atoms with Crippen LogP contribution < -0.4 is 14.4 Å². The molecule has 0 aliphatic carbocycles. The summed E-state index contributed by atoms with van der Waals surface area (Å²) in [5, 5.41) is 9.54. The van der Waals surface area contributed by atoms with Crippen LogP contribution in [0.5, 0.6) is 5.88 Å². The molecule has 0 unspecified atom stereocenters. The number of benzene rings is 2. The van der Waals surface area contributed by atoms with Crippen molar-refractivity contribution in [2.75, 3.05) is 29.8 Å². The molecule has 0 saturated carbocycles. The number of rotatable bonds is 6. The third-order valence-electron chi connectivity index (χ3n) is 6.42. The number of aromatic nitrogens is 3. The molecular formula is C26H27N5O3S. The minimum Gasteiger partial charge on any atom is -0.480 e. The molecule has 2 aromatic carbocycles. The summed E-state index contributed by atoms with van der Waals surface area (Å²) >= 11 is 0. The molecule has 0 spiro atoms. The number of hydrogen-bond donors (Lipinski definition) is 1. The van der Waals surface area contributed by atoms with Gasteiger partial charge in [-0.3, -0.25) is 4.72 Å². The third-order valence-corrected chi connectivity index (χ3v) is 7.80. The van der Waals surface area contributed by atoms with Gasteiger partial charge in [-0.25, -0.2) is 13.4 Å². The first kappa shape index (κ1) is 23.0. The van der Waals surface area contributed by atoms with Crippen LogP contribution in [0.1, 0.15) is 19.8 Å². The first-order valence-corrected chi connectivity index (χ1v) is 13.1. The average molecular weight is 490 g/mol. The minimum absolute atomic E-state index is 0.164. The Morgan fingerprint density at radius 3 is 2.51 bits per heavy atom. The van der Waals surface area contributed by atoms with E-state index < -0.39 is 10.0 Å². The number of hydrogen-bond acceptors (Lipinski definition) is 7. The van der Waals surface area contributed by atoms with Crippen molar-refractivity contribution in [2.24, 2.45) is 5.92 Å². The van der Waals surface area contributed by atoms with Crippen molar-refractivity contribution in [3.63, 3.8) is 0 Å². The van der Waals surface area contributed by atoms with E-state index in [0.717, 1.165) is 59.6 Å². The summed E-state index contributed by atoms with van der Waals surface area (Å²) in [4.78, 5) is 6.90. The van der Waals surface area contributed by atoms with E-state index in [2.05, 4.69) is 37.8 Å². The first-order chi connectivity index (χ1) is 16.9. The molecule has 35 heavy (non-hydrogen) atoms. The zero-order valence-corrected chi connectivity index (χ0v) is 20.5. The molecule has 180 valence electrons. The maximum atomic E-state index is 12.9. The largest absolute Gasteiger partial charge is 0.480 e. The number of anilines is 2. The number of fused-ring (bicyclic) bond motifs is 1. The van der Waals surface area contributed by atoms with Gasteiger partial charge in [-0.1, -0.05) is 31.2 Å². The Bertz CT molecular complexity index is 1450. The van der Waals surface area contributed by atoms with Crippen molar-refractivity contribution in [3.05, 3.63) is 67.0 Å². The molecule has 8 nitrogen and oxygen atoms in total. The van der Waals surface area contributed by atoms with E-state index in [1.165, 1.54) is 7.11 Å². The van der Waals surface area contributed by atoms with Crippen molar-refractivity contribution >= 4 is 32.3 Å². The van der Waals surface area contributed by atoms with Crippen molar-refractivity contribution in [1.29, 1.82) is 0 Å². The summed E-state index contributed by atoms with van der Waals surface area (Å²) in [6.07, 6.45) is 5.80. The Morgan fingerprint density at radius 2 is 1.77 bits per heavy atom. The molecule has 1 fully saturated rings. The highest BCUT2D eigenvalue weighted by molar-refractivity contribution is 7.92. The number of methoxy groups -OCH3 is 1. The number of ether oxygens (including phenoxy) is 1. The lowest BCUT2D eigenvalue weighted by atomic mass is 9.98. The maximum Gasteiger partial charge on any atom is 0.262 e. The van der Waals surface area contributed by atoms with Crippen LogP contribution in [-0.4, -0.2) is 43.8 Å². The maximum absolute atomic E-state index is 12.9. The number of nitrogens with zero attached hydrogens (tertiary/aromatic N) is 4. The van der Waals surface area contributed by atoms with Crippen LogP contribution in [0, 0.1) is 5.92 Å². The number of piperidine rings is 1. The van der Waals surface area contributed by atoms with Gasteiger partial charge < -0.3 is 9.64 Å². The highest BCUT2D eigenvalue weighted by Crippen LogP contribution is 2.34. The first-order valence-electron chi connectivity index (χ1n) is 11.6. The van der Waals surface area contributed by atoms with E-state index in [4.69, 9.17) is 4.74 Å². The topological polar surface area (TPSA) is 97.3 Å². The lowest BCUT2D eigenvalue weighted by Crippen LogP contribution is -2.33. The molecule has 0 atom stereocenters. The van der Waals surface area contributed by atoms with Crippen LogP contribution in [-0.2, 0) is 10.0 Å². The molecular weight excluding hydrogens is 462 g/mol. The Kier molecular flexibility index (Phi) is 6.25. The van der Waals surface area contributed by atoms with Crippen LogP contribution in [0.2, 0.25) is 0 Å². The zero-order chi connectivity index (χ0) is 24.4. The Labute approximate surface area is 205 Å². The summed E-state index contributed by atoms with van der Waals surface area (Å²) in [5.74, 6) is 0.925. The average Bonchev–Trinajstić information content (AvgIpc) is 2.89. The molecule has 3 heterocycles. The lowest BCUT2D eigenvalue weighted by molar-refractivity contribution is 0.400. The van der Waals surface area contributed by atoms with Gasteiger partial charge in [-0.15, -0.1) is 0 Å². The monoisotopic (exact) mass is 489 g/mol. The van der Waals surface area contributed by atoms with Crippen LogP contribution in [0.25, 0.3) is 22.0 Å². The third kappa shape index (κ3) is 4.77. The smallest absolute Gasteiger partial charge is 0.262 e. The minimum atomic E-state index is -3.80. The van der Waals surface area contributed by atoms with Gasteiger partial charge in [0.05, 0.1) is 29.4 Å². The van der Waals surface area contributed by atoms with Gasteiger partial charge in [0.25, 0.3) is 10.0 Å². The number of sulfonamides is 1. The Morgan fingerprint density at radius 1 is 1.00 bits per heavy atom. The van der Waals surface area contributed by atoms with Crippen molar-refractivity contribution in [2.45, 2.75) is 24.7 Å². The molecule has 2 aromatic heterocycles. The molecule has 1 saturated heterocycles. The van der Waals surface area contributed by atoms with Crippen LogP contribution >= 0.6 is 0 Å². The van der Waals surface area contributed by atoms with Gasteiger partial charge in [0.15, 0.2) is 0 Å². The lowest BCUT2D eigenvalue weighted by Gasteiger charge is -2.32. The van der Waals surface area contributed by atoms with E-state index in [1.807, 2.05) is 18.3 Å². The summed E-state index contributed by atoms with van der Waals surface area (Å²) < 4.78 is 33.8. The predicted octanol–water partition coefficient (Wildman–Crippen LogP) is 4.74. The Hall–Kier alpha value is -3.72. The van der Waals surface area contributed by atoms with Gasteiger partial charge in [0.2, 0.25) is 5.88 Å². The van der Waals surface area contributed by atoms with Gasteiger partial charge >= 0.3 is 0 Å². The molecule has 9 heteroatoms. The van der Waals surface area contributed by atoms with Crippen molar-refractivity contribution < 1.29 is 13.2 Å². The van der Waals surface area contributed by atoms with E-state index in [-0.39, 0.29) is 16.5 Å². The molecule has 1 aliphatic rings. The number of nitrogens with one attached hydrogen (secondary N) is 1. The Balaban J connectivity index is 1.53. The fraction of sp³-hybridized carbons (Fsp3) is 0.269. The molecule has 4 aromatic rings. The molecule has 0 amide bonds. The standard InChI is InChI=1S/C26H27N5O3S/c1-18-10-12-31(13-11-18)25-17-28-29-23-9-8-19(14-22(23)25)20-15-24(26(34-2)27-16-20)30-35(32,33)21-6-4-3-5-7-21/h3-9,14-18,30H,10-13H2,1-2H3. The normalized spacial score (nSPS) is 14.7. The van der Waals surface area contributed by atoms with Crippen LogP contribution in [0.15, 0.2) is 71.9 Å². The summed E-state index contributed by atoms with van der Waals surface area (Å²) in [7, 11) is -2.34. The zero-order valence-electron chi connectivity index (χ0n) is 19.7. The van der Waals surface area contributed by atoms with Crippen LogP contribution in [0.4, 0.5) is 11.4 Å². The quantitative estimate of drug-likeness (QED) is 0.418. The van der Waals surface area contributed by atoms with Crippen molar-refractivity contribution in [1.82, 2.24) is 15.2 Å². The fourth-order valence-corrected chi connectivity index (χ4v) is 5.44. The predicted molar refractivity (Wildman–Crippen MR) is 137 cm³/mol. The van der Waals surface area contributed by atoms with E-state index in [9.17, 15) is 8.42 Å². The highest BCUT2D eigenvalue weighted by Gasteiger charge is 2.20. The molecule has 5 rings (SSSR count). The summed E-state index contributed by atoms with van der Waals surface area (Å²) in [6.45, 7) is 4.27. The summed E-state index contributed by atoms with van der Waals surface area (Å²) in [6, 6.07) is 15.9. The summed E-state index contributed by atoms with van der Waals surface area (Å²) in [5.41, 5.74) is 3.81. The van der Waals surface area contributed by atoms with E-state index >= 15 is 0 Å². The molecule has 1 aliphatic heterocycles. The second-order valence-corrected chi connectivity index (χ2v) is 10.5. The second-order valence-electron chi connectivity index (χ2n) is 8.83. The highest BCUT2D eigenvalue weighted by atomic mass is 32.2. The van der Waals surface area contributed by atoms with Gasteiger partial charge in [0, 0.05) is 30.2 Å². The van der Waals surface area contributed by atoms with Gasteiger partial charge in [0.1, 0.15) is 5.69 Å². The number of pyridine rings is 1.